The molecule has 1 aromatic carbocycles. The Balaban J connectivity index is 1.79. The van der Waals surface area contributed by atoms with Gasteiger partial charge in [0.1, 0.15) is 0 Å². The first-order valence-electron chi connectivity index (χ1n) is 7.58. The summed E-state index contributed by atoms with van der Waals surface area (Å²) in [4.78, 5) is 18.7. The quantitative estimate of drug-likeness (QED) is 0.946. The Hall–Kier alpha value is -2.37. The molecule has 0 radical (unpaired) electrons. The number of nitrogens with one attached hydrogen (secondary N) is 1. The van der Waals surface area contributed by atoms with Gasteiger partial charge in [-0.25, -0.2) is 4.79 Å². The highest BCUT2D eigenvalue weighted by molar-refractivity contribution is 5.95. The number of nitrogens with zero attached hydrogens (tertiary/aromatic N) is 3. The van der Waals surface area contributed by atoms with Gasteiger partial charge < -0.3 is 9.84 Å². The van der Waals surface area contributed by atoms with Crippen molar-refractivity contribution in [2.75, 3.05) is 4.90 Å². The molecular weight excluding hydrogens is 280 g/mol. The van der Waals surface area contributed by atoms with Crippen LogP contribution in [0.3, 0.4) is 0 Å². The van der Waals surface area contributed by atoms with Gasteiger partial charge in [0, 0.05) is 18.7 Å². The third-order valence-corrected chi connectivity index (χ3v) is 3.99. The molecule has 1 aliphatic heterocycles. The van der Waals surface area contributed by atoms with E-state index in [0.29, 0.717) is 18.1 Å². The Bertz CT molecular complexity index is 682. The maximum Gasteiger partial charge on any atom is 0.322 e. The van der Waals surface area contributed by atoms with Crippen molar-refractivity contribution >= 4 is 11.7 Å². The van der Waals surface area contributed by atoms with Crippen LogP contribution in [0.4, 0.5) is 10.5 Å². The molecular formula is C16H20N4O2. The molecule has 0 saturated carbocycles. The molecule has 3 rings (SSSR count). The van der Waals surface area contributed by atoms with Crippen LogP contribution in [0.2, 0.25) is 0 Å². The summed E-state index contributed by atoms with van der Waals surface area (Å²) in [5.41, 5.74) is 2.18. The number of benzene rings is 1. The molecule has 0 aliphatic carbocycles. The SMILES string of the molecule is CCC(NC(=O)N1c2ccccc2CC1C)c1noc(C)n1. The monoisotopic (exact) mass is 300 g/mol. The van der Waals surface area contributed by atoms with Gasteiger partial charge in [-0.3, -0.25) is 4.90 Å². The number of rotatable bonds is 3. The predicted octanol–water partition coefficient (Wildman–Crippen LogP) is 2.99. The molecule has 2 aromatic rings. The zero-order chi connectivity index (χ0) is 15.7. The van der Waals surface area contributed by atoms with Crippen molar-refractivity contribution in [3.8, 4) is 0 Å². The first-order valence-corrected chi connectivity index (χ1v) is 7.58. The van der Waals surface area contributed by atoms with E-state index in [2.05, 4.69) is 28.4 Å². The molecule has 1 aliphatic rings. The van der Waals surface area contributed by atoms with E-state index in [0.717, 1.165) is 12.1 Å². The average Bonchev–Trinajstić information content (AvgIpc) is 3.07. The van der Waals surface area contributed by atoms with Crippen LogP contribution in [-0.4, -0.2) is 22.2 Å². The van der Waals surface area contributed by atoms with Crippen LogP contribution < -0.4 is 10.2 Å². The number of amides is 2. The van der Waals surface area contributed by atoms with E-state index >= 15 is 0 Å². The second-order valence-electron chi connectivity index (χ2n) is 5.63. The van der Waals surface area contributed by atoms with Crippen molar-refractivity contribution in [1.29, 1.82) is 0 Å². The number of aryl methyl sites for hydroxylation is 1. The van der Waals surface area contributed by atoms with Gasteiger partial charge in [0.2, 0.25) is 5.89 Å². The highest BCUT2D eigenvalue weighted by Crippen LogP contribution is 2.32. The van der Waals surface area contributed by atoms with Crippen LogP contribution in [0, 0.1) is 6.92 Å². The first-order chi connectivity index (χ1) is 10.6. The van der Waals surface area contributed by atoms with Crippen molar-refractivity contribution in [3.63, 3.8) is 0 Å². The Morgan fingerprint density at radius 1 is 1.50 bits per heavy atom. The lowest BCUT2D eigenvalue weighted by molar-refractivity contribution is 0.240. The summed E-state index contributed by atoms with van der Waals surface area (Å²) in [6.07, 6.45) is 1.58. The highest BCUT2D eigenvalue weighted by Gasteiger charge is 2.32. The Labute approximate surface area is 129 Å². The number of para-hydroxylation sites is 1. The second kappa shape index (κ2) is 5.79. The number of urea groups is 1. The summed E-state index contributed by atoms with van der Waals surface area (Å²) in [6.45, 7) is 5.78. The number of hydrogen-bond acceptors (Lipinski definition) is 4. The number of fused-ring (bicyclic) bond motifs is 1. The van der Waals surface area contributed by atoms with Gasteiger partial charge in [0.05, 0.1) is 6.04 Å². The third kappa shape index (κ3) is 2.56. The topological polar surface area (TPSA) is 71.3 Å². The van der Waals surface area contributed by atoms with Gasteiger partial charge >= 0.3 is 6.03 Å². The second-order valence-corrected chi connectivity index (χ2v) is 5.63. The van der Waals surface area contributed by atoms with Crippen molar-refractivity contribution in [2.45, 2.75) is 45.7 Å². The smallest absolute Gasteiger partial charge is 0.322 e. The maximum absolute atomic E-state index is 12.7. The number of anilines is 1. The summed E-state index contributed by atoms with van der Waals surface area (Å²) in [5, 5.41) is 6.92. The molecule has 0 saturated heterocycles. The van der Waals surface area contributed by atoms with Crippen molar-refractivity contribution in [3.05, 3.63) is 41.5 Å². The molecule has 0 bridgehead atoms. The van der Waals surface area contributed by atoms with Gasteiger partial charge in [0.25, 0.3) is 0 Å². The average molecular weight is 300 g/mol. The molecule has 2 atom stereocenters. The van der Waals surface area contributed by atoms with E-state index in [-0.39, 0.29) is 18.1 Å². The van der Waals surface area contributed by atoms with E-state index in [1.165, 1.54) is 5.56 Å². The number of carbonyl (C=O) groups excluding carboxylic acids is 1. The molecule has 0 spiro atoms. The molecule has 0 fully saturated rings. The van der Waals surface area contributed by atoms with Crippen molar-refractivity contribution in [2.24, 2.45) is 0 Å². The molecule has 116 valence electrons. The zero-order valence-electron chi connectivity index (χ0n) is 13.0. The van der Waals surface area contributed by atoms with Crippen molar-refractivity contribution < 1.29 is 9.32 Å². The van der Waals surface area contributed by atoms with Gasteiger partial charge in [-0.15, -0.1) is 0 Å². The predicted molar refractivity (Wildman–Crippen MR) is 82.7 cm³/mol. The van der Waals surface area contributed by atoms with Gasteiger partial charge in [-0.1, -0.05) is 30.3 Å². The summed E-state index contributed by atoms with van der Waals surface area (Å²) >= 11 is 0. The van der Waals surface area contributed by atoms with Gasteiger partial charge in [0.15, 0.2) is 5.82 Å². The number of aromatic nitrogens is 2. The van der Waals surface area contributed by atoms with Crippen LogP contribution in [0.5, 0.6) is 0 Å². The van der Waals surface area contributed by atoms with Crippen LogP contribution >= 0.6 is 0 Å². The molecule has 1 aromatic heterocycles. The lowest BCUT2D eigenvalue weighted by Crippen LogP contribution is -2.44. The van der Waals surface area contributed by atoms with Crippen LogP contribution in [-0.2, 0) is 6.42 Å². The first kappa shape index (κ1) is 14.6. The summed E-state index contributed by atoms with van der Waals surface area (Å²) in [7, 11) is 0. The van der Waals surface area contributed by atoms with E-state index in [1.807, 2.05) is 30.0 Å². The van der Waals surface area contributed by atoms with Crippen molar-refractivity contribution in [1.82, 2.24) is 15.5 Å². The fourth-order valence-electron chi connectivity index (χ4n) is 2.90. The fourth-order valence-corrected chi connectivity index (χ4v) is 2.90. The zero-order valence-corrected chi connectivity index (χ0v) is 13.0. The molecule has 2 amide bonds. The summed E-state index contributed by atoms with van der Waals surface area (Å²) < 4.78 is 5.01. The maximum atomic E-state index is 12.7. The summed E-state index contributed by atoms with van der Waals surface area (Å²) in [6, 6.07) is 7.79. The highest BCUT2D eigenvalue weighted by atomic mass is 16.5. The molecule has 2 heterocycles. The van der Waals surface area contributed by atoms with E-state index in [4.69, 9.17) is 4.52 Å². The molecule has 6 heteroatoms. The molecule has 1 N–H and O–H groups in total. The van der Waals surface area contributed by atoms with Gasteiger partial charge in [-0.2, -0.15) is 4.98 Å². The molecule has 6 nitrogen and oxygen atoms in total. The minimum atomic E-state index is -0.245. The largest absolute Gasteiger partial charge is 0.340 e. The summed E-state index contributed by atoms with van der Waals surface area (Å²) in [5.74, 6) is 1.02. The normalized spacial score (nSPS) is 18.1. The van der Waals surface area contributed by atoms with Crippen LogP contribution in [0.25, 0.3) is 0 Å². The lowest BCUT2D eigenvalue weighted by atomic mass is 10.1. The standard InChI is InChI=1S/C16H20N4O2/c1-4-13(15-17-11(3)22-19-15)18-16(21)20-10(2)9-12-7-5-6-8-14(12)20/h5-8,10,13H,4,9H2,1-3H3,(H,18,21). The third-order valence-electron chi connectivity index (χ3n) is 3.99. The molecule has 2 unspecified atom stereocenters. The number of hydrogen-bond donors (Lipinski definition) is 1. The van der Waals surface area contributed by atoms with Gasteiger partial charge in [-0.05, 0) is 31.4 Å². The Kier molecular flexibility index (Phi) is 3.83. The number of carbonyl (C=O) groups is 1. The molecule has 22 heavy (non-hydrogen) atoms. The fraction of sp³-hybridized carbons (Fsp3) is 0.438. The van der Waals surface area contributed by atoms with E-state index < -0.39 is 0 Å². The van der Waals surface area contributed by atoms with Crippen LogP contribution in [0.15, 0.2) is 28.8 Å². The minimum absolute atomic E-state index is 0.119. The minimum Gasteiger partial charge on any atom is -0.340 e. The van der Waals surface area contributed by atoms with E-state index in [9.17, 15) is 4.79 Å². The Morgan fingerprint density at radius 2 is 2.27 bits per heavy atom. The van der Waals surface area contributed by atoms with E-state index in [1.54, 1.807) is 6.92 Å². The lowest BCUT2D eigenvalue weighted by Gasteiger charge is -2.25. The van der Waals surface area contributed by atoms with Crippen LogP contribution in [0.1, 0.15) is 43.6 Å². The Morgan fingerprint density at radius 3 is 2.95 bits per heavy atom.